The Morgan fingerprint density at radius 2 is 1.65 bits per heavy atom. The lowest BCUT2D eigenvalue weighted by molar-refractivity contribution is 0.503. The number of rotatable bonds is 4. The van der Waals surface area contributed by atoms with Crippen LogP contribution >= 0.6 is 0 Å². The van der Waals surface area contributed by atoms with Gasteiger partial charge in [-0.25, -0.2) is 0 Å². The van der Waals surface area contributed by atoms with Crippen molar-refractivity contribution < 1.29 is 4.42 Å². The summed E-state index contributed by atoms with van der Waals surface area (Å²) in [7, 11) is 2.03. The number of anilines is 1. The molecule has 4 heteroatoms. The van der Waals surface area contributed by atoms with E-state index < -0.39 is 0 Å². The fourth-order valence-electron chi connectivity index (χ4n) is 2.68. The van der Waals surface area contributed by atoms with Crippen LogP contribution in [0.4, 0.5) is 5.69 Å². The van der Waals surface area contributed by atoms with E-state index in [9.17, 15) is 0 Å². The zero-order valence-electron chi connectivity index (χ0n) is 14.0. The van der Waals surface area contributed by atoms with Gasteiger partial charge >= 0.3 is 0 Å². The van der Waals surface area contributed by atoms with Gasteiger partial charge in [0.2, 0.25) is 11.8 Å². The normalized spacial score (nSPS) is 10.8. The lowest BCUT2D eigenvalue weighted by Gasteiger charge is -2.18. The number of benzene rings is 2. The van der Waals surface area contributed by atoms with Gasteiger partial charge in [0.1, 0.15) is 0 Å². The molecule has 2 aromatic carbocycles. The molecule has 23 heavy (non-hydrogen) atoms. The summed E-state index contributed by atoms with van der Waals surface area (Å²) in [5.41, 5.74) is 5.78. The number of aromatic nitrogens is 2. The van der Waals surface area contributed by atoms with E-state index in [0.717, 1.165) is 11.3 Å². The van der Waals surface area contributed by atoms with Gasteiger partial charge in [-0.1, -0.05) is 23.8 Å². The Labute approximate surface area is 136 Å². The number of aryl methyl sites for hydroxylation is 3. The lowest BCUT2D eigenvalue weighted by Crippen LogP contribution is -2.16. The monoisotopic (exact) mass is 307 g/mol. The minimum Gasteiger partial charge on any atom is -0.419 e. The van der Waals surface area contributed by atoms with Crippen LogP contribution in [0.5, 0.6) is 0 Å². The first-order valence-corrected chi connectivity index (χ1v) is 7.70. The van der Waals surface area contributed by atoms with Crippen LogP contribution in [-0.4, -0.2) is 17.2 Å². The highest BCUT2D eigenvalue weighted by atomic mass is 16.4. The molecular weight excluding hydrogens is 286 g/mol. The Hall–Kier alpha value is -2.62. The highest BCUT2D eigenvalue weighted by Crippen LogP contribution is 2.22. The molecule has 3 aromatic rings. The smallest absolute Gasteiger partial charge is 0.247 e. The molecule has 0 aliphatic heterocycles. The van der Waals surface area contributed by atoms with E-state index in [4.69, 9.17) is 4.42 Å². The van der Waals surface area contributed by atoms with Crippen molar-refractivity contribution in [2.75, 3.05) is 11.9 Å². The van der Waals surface area contributed by atoms with Crippen molar-refractivity contribution in [2.45, 2.75) is 27.3 Å². The van der Waals surface area contributed by atoms with Gasteiger partial charge in [-0.05, 0) is 56.2 Å². The van der Waals surface area contributed by atoms with Crippen molar-refractivity contribution in [2.24, 2.45) is 0 Å². The van der Waals surface area contributed by atoms with Crippen LogP contribution in [0.1, 0.15) is 22.6 Å². The van der Waals surface area contributed by atoms with E-state index in [1.165, 1.54) is 16.7 Å². The Morgan fingerprint density at radius 1 is 0.913 bits per heavy atom. The average molecular weight is 307 g/mol. The molecule has 1 heterocycles. The summed E-state index contributed by atoms with van der Waals surface area (Å²) in [6, 6.07) is 14.6. The molecule has 0 unspecified atom stereocenters. The van der Waals surface area contributed by atoms with Crippen molar-refractivity contribution in [3.63, 3.8) is 0 Å². The molecule has 0 atom stereocenters. The van der Waals surface area contributed by atoms with Crippen molar-refractivity contribution >= 4 is 5.69 Å². The third-order valence-corrected chi connectivity index (χ3v) is 3.75. The summed E-state index contributed by atoms with van der Waals surface area (Å²) in [6.45, 7) is 6.84. The minimum atomic E-state index is 0.567. The second kappa shape index (κ2) is 6.24. The number of hydrogen-bond acceptors (Lipinski definition) is 4. The summed E-state index contributed by atoms with van der Waals surface area (Å²) >= 11 is 0. The Morgan fingerprint density at radius 3 is 2.35 bits per heavy atom. The topological polar surface area (TPSA) is 42.2 Å². The first-order valence-electron chi connectivity index (χ1n) is 7.70. The third-order valence-electron chi connectivity index (χ3n) is 3.75. The Bertz CT molecular complexity index is 803. The first-order chi connectivity index (χ1) is 11.0. The predicted molar refractivity (Wildman–Crippen MR) is 92.5 cm³/mol. The highest BCUT2D eigenvalue weighted by Gasteiger charge is 2.11. The molecule has 0 saturated carbocycles. The van der Waals surface area contributed by atoms with Gasteiger partial charge in [-0.3, -0.25) is 0 Å². The maximum Gasteiger partial charge on any atom is 0.247 e. The van der Waals surface area contributed by atoms with E-state index in [-0.39, 0.29) is 0 Å². The van der Waals surface area contributed by atoms with E-state index in [2.05, 4.69) is 60.1 Å². The molecule has 0 saturated heterocycles. The summed E-state index contributed by atoms with van der Waals surface area (Å²) in [5.74, 6) is 1.18. The first kappa shape index (κ1) is 15.3. The van der Waals surface area contributed by atoms with E-state index in [1.807, 2.05) is 25.2 Å². The van der Waals surface area contributed by atoms with E-state index in [1.54, 1.807) is 0 Å². The fraction of sp³-hybridized carbons (Fsp3) is 0.263. The molecule has 4 nitrogen and oxygen atoms in total. The van der Waals surface area contributed by atoms with Crippen molar-refractivity contribution in [3.05, 3.63) is 65.0 Å². The van der Waals surface area contributed by atoms with Gasteiger partial charge in [0.15, 0.2) is 0 Å². The molecule has 0 spiro atoms. The lowest BCUT2D eigenvalue weighted by atomic mass is 10.1. The maximum atomic E-state index is 5.81. The summed E-state index contributed by atoms with van der Waals surface area (Å²) in [5, 5.41) is 8.34. The molecule has 0 N–H and O–H groups in total. The molecule has 0 radical (unpaired) electrons. The molecule has 3 rings (SSSR count). The van der Waals surface area contributed by atoms with Crippen LogP contribution in [0.15, 0.2) is 46.9 Å². The van der Waals surface area contributed by atoms with Gasteiger partial charge < -0.3 is 9.32 Å². The molecule has 0 fully saturated rings. The summed E-state index contributed by atoms with van der Waals surface area (Å²) < 4.78 is 5.81. The van der Waals surface area contributed by atoms with Crippen LogP contribution in [0.2, 0.25) is 0 Å². The van der Waals surface area contributed by atoms with E-state index >= 15 is 0 Å². The second-order valence-electron chi connectivity index (χ2n) is 6.07. The van der Waals surface area contributed by atoms with Crippen molar-refractivity contribution in [1.29, 1.82) is 0 Å². The Kier molecular flexibility index (Phi) is 4.15. The van der Waals surface area contributed by atoms with Crippen LogP contribution in [0.25, 0.3) is 11.5 Å². The van der Waals surface area contributed by atoms with Gasteiger partial charge in [0.25, 0.3) is 0 Å². The van der Waals surface area contributed by atoms with Gasteiger partial charge in [0.05, 0.1) is 6.54 Å². The van der Waals surface area contributed by atoms with Crippen LogP contribution < -0.4 is 4.90 Å². The third kappa shape index (κ3) is 3.59. The molecule has 0 amide bonds. The van der Waals surface area contributed by atoms with Gasteiger partial charge in [-0.2, -0.15) is 0 Å². The second-order valence-corrected chi connectivity index (χ2v) is 6.07. The fourth-order valence-corrected chi connectivity index (χ4v) is 2.68. The molecule has 118 valence electrons. The maximum absolute atomic E-state index is 5.81. The zero-order chi connectivity index (χ0) is 16.4. The summed E-state index contributed by atoms with van der Waals surface area (Å²) in [6.07, 6.45) is 0. The molecule has 0 bridgehead atoms. The van der Waals surface area contributed by atoms with E-state index in [0.29, 0.717) is 18.3 Å². The highest BCUT2D eigenvalue weighted by molar-refractivity contribution is 5.54. The SMILES string of the molecule is Cc1cccc(-c2nnc(CN(C)c3cc(C)cc(C)c3)o2)c1. The number of hydrogen-bond donors (Lipinski definition) is 0. The quantitative estimate of drug-likeness (QED) is 0.721. The zero-order valence-corrected chi connectivity index (χ0v) is 14.0. The number of nitrogens with zero attached hydrogens (tertiary/aromatic N) is 3. The van der Waals surface area contributed by atoms with Crippen LogP contribution in [0, 0.1) is 20.8 Å². The summed E-state index contributed by atoms with van der Waals surface area (Å²) in [4.78, 5) is 2.12. The average Bonchev–Trinajstić information content (AvgIpc) is 2.95. The standard InChI is InChI=1S/C19H21N3O/c1-13-6-5-7-16(9-13)19-21-20-18(23-19)12-22(4)17-10-14(2)8-15(3)11-17/h5-11H,12H2,1-4H3. The van der Waals surface area contributed by atoms with Crippen LogP contribution in [0.3, 0.4) is 0 Å². The van der Waals surface area contributed by atoms with Crippen molar-refractivity contribution in [1.82, 2.24) is 10.2 Å². The molecule has 0 aliphatic carbocycles. The minimum absolute atomic E-state index is 0.567. The molecular formula is C19H21N3O. The molecule has 0 aliphatic rings. The molecule has 1 aromatic heterocycles. The largest absolute Gasteiger partial charge is 0.419 e. The Balaban J connectivity index is 1.78. The van der Waals surface area contributed by atoms with Gasteiger partial charge in [-0.15, -0.1) is 10.2 Å². The van der Waals surface area contributed by atoms with Gasteiger partial charge in [0, 0.05) is 18.3 Å². The van der Waals surface area contributed by atoms with Crippen LogP contribution in [-0.2, 0) is 6.54 Å². The predicted octanol–water partition coefficient (Wildman–Crippen LogP) is 4.30. The van der Waals surface area contributed by atoms with Crippen molar-refractivity contribution in [3.8, 4) is 11.5 Å².